The van der Waals surface area contributed by atoms with Crippen LogP contribution >= 0.6 is 0 Å². The molecule has 2 aliphatic heterocycles. The largest absolute Gasteiger partial charge is 0.493 e. The molecule has 0 radical (unpaired) electrons. The number of ether oxygens (including phenoxy) is 2. The fourth-order valence-electron chi connectivity index (χ4n) is 7.66. The van der Waals surface area contributed by atoms with Gasteiger partial charge in [0.15, 0.2) is 17.1 Å². The molecule has 2 atom stereocenters. The predicted molar refractivity (Wildman–Crippen MR) is 157 cm³/mol. The minimum Gasteiger partial charge on any atom is -0.493 e. The van der Waals surface area contributed by atoms with Crippen molar-refractivity contribution in [2.24, 2.45) is 24.8 Å². The van der Waals surface area contributed by atoms with Crippen molar-refractivity contribution in [3.05, 3.63) is 35.5 Å². The molecule has 0 N–H and O–H groups in total. The Morgan fingerprint density at radius 2 is 1.64 bits per heavy atom. The maximum absolute atomic E-state index is 5.54. The summed E-state index contributed by atoms with van der Waals surface area (Å²) in [5, 5.41) is 0. The number of nitrogens with zero attached hydrogens (tertiary/aromatic N) is 5. The Morgan fingerprint density at radius 3 is 2.28 bits per heavy atom. The monoisotopic (exact) mass is 531 g/mol. The van der Waals surface area contributed by atoms with Gasteiger partial charge in [-0.2, -0.15) is 0 Å². The molecule has 39 heavy (non-hydrogen) atoms. The molecule has 1 aliphatic carbocycles. The minimum atomic E-state index is 0.520. The normalized spacial score (nSPS) is 24.6. The Bertz CT molecular complexity index is 1310. The van der Waals surface area contributed by atoms with Gasteiger partial charge in [-0.25, -0.2) is 9.97 Å². The molecule has 210 valence electrons. The van der Waals surface area contributed by atoms with Crippen LogP contribution in [0.2, 0.25) is 0 Å². The third-order valence-corrected chi connectivity index (χ3v) is 9.57. The first kappa shape index (κ1) is 26.6. The molecule has 0 bridgehead atoms. The van der Waals surface area contributed by atoms with Crippen LogP contribution in [-0.4, -0.2) is 77.3 Å². The van der Waals surface area contributed by atoms with Gasteiger partial charge in [-0.15, -0.1) is 0 Å². The summed E-state index contributed by atoms with van der Waals surface area (Å²) in [6.45, 7) is 13.2. The van der Waals surface area contributed by atoms with E-state index in [1.54, 1.807) is 14.2 Å². The number of likely N-dealkylation sites (tertiary alicyclic amines) is 2. The van der Waals surface area contributed by atoms with Crippen molar-refractivity contribution >= 4 is 11.2 Å². The Morgan fingerprint density at radius 1 is 0.949 bits per heavy atom. The van der Waals surface area contributed by atoms with Crippen LogP contribution in [0.25, 0.3) is 22.6 Å². The van der Waals surface area contributed by atoms with Crippen LogP contribution in [0, 0.1) is 24.7 Å². The second-order valence-corrected chi connectivity index (χ2v) is 12.7. The van der Waals surface area contributed by atoms with Gasteiger partial charge in [-0.3, -0.25) is 0 Å². The van der Waals surface area contributed by atoms with E-state index in [-0.39, 0.29) is 0 Å². The van der Waals surface area contributed by atoms with Gasteiger partial charge >= 0.3 is 0 Å². The lowest BCUT2D eigenvalue weighted by Gasteiger charge is -2.36. The van der Waals surface area contributed by atoms with E-state index in [0.29, 0.717) is 11.7 Å². The highest BCUT2D eigenvalue weighted by Crippen LogP contribution is 2.42. The average Bonchev–Trinajstić information content (AvgIpc) is 3.60. The van der Waals surface area contributed by atoms with Gasteiger partial charge in [-0.05, 0) is 93.3 Å². The smallest absolute Gasteiger partial charge is 0.161 e. The lowest BCUT2D eigenvalue weighted by Crippen LogP contribution is -2.41. The number of hydrogen-bond acceptors (Lipinski definition) is 6. The molecule has 0 spiro atoms. The molecule has 7 nitrogen and oxygen atoms in total. The van der Waals surface area contributed by atoms with Gasteiger partial charge in [-0.1, -0.05) is 13.8 Å². The van der Waals surface area contributed by atoms with E-state index in [1.165, 1.54) is 69.7 Å². The Balaban J connectivity index is 1.14. The number of piperidine rings is 1. The first-order valence-corrected chi connectivity index (χ1v) is 14.9. The highest BCUT2D eigenvalue weighted by Gasteiger charge is 2.43. The minimum absolute atomic E-state index is 0.520. The second kappa shape index (κ2) is 10.7. The standard InChI is InChI=1S/C32H45N5O2/c1-20(2)17-36-18-24-14-26(15-25(24)19-36)37-11-9-22(10-12-37)27-13-21(3)30-32(33-27)35(4)31(34-30)23-7-8-28(38-5)29(16-23)39-6/h7-8,13,16,20,22,24-26H,9-12,14-15,17-19H2,1-6H3. The van der Waals surface area contributed by atoms with Crippen LogP contribution in [0.15, 0.2) is 24.3 Å². The summed E-state index contributed by atoms with van der Waals surface area (Å²) in [5.74, 6) is 5.46. The molecule has 1 aromatic carbocycles. The number of aryl methyl sites for hydroxylation is 2. The zero-order chi connectivity index (χ0) is 27.3. The number of aromatic nitrogens is 3. The zero-order valence-electron chi connectivity index (χ0n) is 24.6. The van der Waals surface area contributed by atoms with E-state index in [0.717, 1.165) is 52.1 Å². The summed E-state index contributed by atoms with van der Waals surface area (Å²) in [7, 11) is 5.39. The van der Waals surface area contributed by atoms with Crippen molar-refractivity contribution in [2.45, 2.75) is 58.4 Å². The molecule has 0 amide bonds. The number of hydrogen-bond donors (Lipinski definition) is 0. The third kappa shape index (κ3) is 5.04. The Hall–Kier alpha value is -2.64. The second-order valence-electron chi connectivity index (χ2n) is 12.7. The van der Waals surface area contributed by atoms with Crippen molar-refractivity contribution in [2.75, 3.05) is 46.9 Å². The number of imidazole rings is 1. The summed E-state index contributed by atoms with van der Waals surface area (Å²) in [6, 6.07) is 9.04. The molecule has 2 saturated heterocycles. The summed E-state index contributed by atoms with van der Waals surface area (Å²) in [4.78, 5) is 15.7. The van der Waals surface area contributed by atoms with Crippen LogP contribution in [0.5, 0.6) is 11.5 Å². The van der Waals surface area contributed by atoms with Crippen LogP contribution in [0.1, 0.15) is 56.7 Å². The quantitative estimate of drug-likeness (QED) is 0.401. The van der Waals surface area contributed by atoms with E-state index in [1.807, 2.05) is 18.2 Å². The molecular weight excluding hydrogens is 486 g/mol. The van der Waals surface area contributed by atoms with Gasteiger partial charge in [0.05, 0.1) is 14.2 Å². The summed E-state index contributed by atoms with van der Waals surface area (Å²) < 4.78 is 13.1. The first-order valence-electron chi connectivity index (χ1n) is 14.9. The fraction of sp³-hybridized carbons (Fsp3) is 0.625. The van der Waals surface area contributed by atoms with E-state index in [2.05, 4.69) is 48.3 Å². The average molecular weight is 532 g/mol. The Kier molecular flexibility index (Phi) is 7.32. The lowest BCUT2D eigenvalue weighted by molar-refractivity contribution is 0.141. The number of benzene rings is 1. The summed E-state index contributed by atoms with van der Waals surface area (Å²) in [5.41, 5.74) is 5.37. The molecule has 3 aliphatic rings. The van der Waals surface area contributed by atoms with Crippen molar-refractivity contribution in [3.63, 3.8) is 0 Å². The molecule has 3 aromatic rings. The SMILES string of the molecule is COc1ccc(-c2nc3c(C)cc(C4CCN(C5CC6CN(CC(C)C)CC6C5)CC4)nc3n2C)cc1OC. The molecule has 6 rings (SSSR count). The van der Waals surface area contributed by atoms with Crippen molar-refractivity contribution in [3.8, 4) is 22.9 Å². The van der Waals surface area contributed by atoms with Crippen LogP contribution in [0.4, 0.5) is 0 Å². The van der Waals surface area contributed by atoms with E-state index in [4.69, 9.17) is 19.4 Å². The van der Waals surface area contributed by atoms with Gasteiger partial charge in [0.1, 0.15) is 11.3 Å². The number of pyridine rings is 1. The topological polar surface area (TPSA) is 55.7 Å². The summed E-state index contributed by atoms with van der Waals surface area (Å²) >= 11 is 0. The predicted octanol–water partition coefficient (Wildman–Crippen LogP) is 5.51. The van der Waals surface area contributed by atoms with Crippen molar-refractivity contribution < 1.29 is 9.47 Å². The lowest BCUT2D eigenvalue weighted by atomic mass is 9.91. The van der Waals surface area contributed by atoms with Crippen LogP contribution in [-0.2, 0) is 7.05 Å². The maximum Gasteiger partial charge on any atom is 0.161 e. The van der Waals surface area contributed by atoms with Gasteiger partial charge in [0, 0.05) is 49.9 Å². The van der Waals surface area contributed by atoms with Crippen molar-refractivity contribution in [1.29, 1.82) is 0 Å². The molecule has 4 heterocycles. The van der Waals surface area contributed by atoms with Gasteiger partial charge < -0.3 is 23.8 Å². The van der Waals surface area contributed by atoms with E-state index < -0.39 is 0 Å². The maximum atomic E-state index is 5.54. The zero-order valence-corrected chi connectivity index (χ0v) is 24.6. The van der Waals surface area contributed by atoms with Gasteiger partial charge in [0.25, 0.3) is 0 Å². The number of methoxy groups -OCH3 is 2. The van der Waals surface area contributed by atoms with Crippen LogP contribution in [0.3, 0.4) is 0 Å². The highest BCUT2D eigenvalue weighted by atomic mass is 16.5. The Labute approximate surface area is 233 Å². The van der Waals surface area contributed by atoms with E-state index in [9.17, 15) is 0 Å². The molecule has 7 heteroatoms. The first-order chi connectivity index (χ1) is 18.8. The van der Waals surface area contributed by atoms with Crippen LogP contribution < -0.4 is 9.47 Å². The van der Waals surface area contributed by atoms with E-state index >= 15 is 0 Å². The van der Waals surface area contributed by atoms with Crippen molar-refractivity contribution in [1.82, 2.24) is 24.3 Å². The molecule has 3 fully saturated rings. The third-order valence-electron chi connectivity index (χ3n) is 9.57. The van der Waals surface area contributed by atoms with Gasteiger partial charge in [0.2, 0.25) is 0 Å². The highest BCUT2D eigenvalue weighted by molar-refractivity contribution is 5.81. The molecular formula is C32H45N5O2. The molecule has 2 unspecified atom stereocenters. The number of fused-ring (bicyclic) bond motifs is 2. The fourth-order valence-corrected chi connectivity index (χ4v) is 7.66. The molecule has 1 saturated carbocycles. The number of rotatable bonds is 7. The summed E-state index contributed by atoms with van der Waals surface area (Å²) in [6.07, 6.45) is 5.20. The molecule has 2 aromatic heterocycles.